The number of nitrogens with zero attached hydrogens (tertiary/aromatic N) is 2. The lowest BCUT2D eigenvalue weighted by Crippen LogP contribution is -2.15. The van der Waals surface area contributed by atoms with E-state index in [2.05, 4.69) is 50.0 Å². The predicted molar refractivity (Wildman–Crippen MR) is 118 cm³/mol. The topological polar surface area (TPSA) is 59.1 Å². The normalized spacial score (nSPS) is 15.8. The van der Waals surface area contributed by atoms with Gasteiger partial charge in [0.25, 0.3) is 0 Å². The SMILES string of the molecule is CC(C)Oc1ccc(-c2ncc(-c3cccc4c3CC[C@@H]4C(C)(C)C)o2)cc1C#N. The van der Waals surface area contributed by atoms with Crippen LogP contribution in [0.1, 0.15) is 63.6 Å². The van der Waals surface area contributed by atoms with E-state index >= 15 is 0 Å². The molecule has 1 aliphatic rings. The molecule has 0 saturated carbocycles. The number of fused-ring (bicyclic) bond motifs is 1. The van der Waals surface area contributed by atoms with E-state index in [1.54, 1.807) is 12.3 Å². The minimum atomic E-state index is 0.00777. The zero-order valence-electron chi connectivity index (χ0n) is 18.3. The van der Waals surface area contributed by atoms with Crippen molar-refractivity contribution in [1.82, 2.24) is 4.98 Å². The Kier molecular flexibility index (Phi) is 5.15. The number of benzene rings is 2. The molecule has 4 rings (SSSR count). The Morgan fingerprint density at radius 1 is 1.20 bits per heavy atom. The Labute approximate surface area is 178 Å². The van der Waals surface area contributed by atoms with Crippen molar-refractivity contribution in [2.75, 3.05) is 0 Å². The summed E-state index contributed by atoms with van der Waals surface area (Å²) in [6.07, 6.45) is 4.02. The number of aromatic nitrogens is 1. The third kappa shape index (κ3) is 3.73. The van der Waals surface area contributed by atoms with E-state index in [9.17, 15) is 5.26 Å². The first kappa shape index (κ1) is 20.2. The molecule has 0 fully saturated rings. The Balaban J connectivity index is 1.68. The standard InChI is InChI=1S/C26H28N2O2/c1-16(2)29-23-12-9-17(13-18(23)14-27)25-28-15-24(30-25)21-8-6-7-20-19(21)10-11-22(20)26(3,4)5/h6-9,12-13,15-16,22H,10-11H2,1-5H3/t22-/m0/s1. The summed E-state index contributed by atoms with van der Waals surface area (Å²) in [4.78, 5) is 4.51. The van der Waals surface area contributed by atoms with Crippen molar-refractivity contribution in [2.24, 2.45) is 5.41 Å². The highest BCUT2D eigenvalue weighted by Crippen LogP contribution is 2.47. The van der Waals surface area contributed by atoms with Crippen LogP contribution in [-0.4, -0.2) is 11.1 Å². The lowest BCUT2D eigenvalue weighted by Gasteiger charge is -2.27. The second-order valence-electron chi connectivity index (χ2n) is 9.35. The molecule has 0 N–H and O–H groups in total. The molecular formula is C26H28N2O2. The molecule has 0 aliphatic heterocycles. The Hall–Kier alpha value is -3.06. The predicted octanol–water partition coefficient (Wildman–Crippen LogP) is 6.74. The number of nitriles is 1. The van der Waals surface area contributed by atoms with Crippen molar-refractivity contribution in [2.45, 2.75) is 59.5 Å². The van der Waals surface area contributed by atoms with Crippen molar-refractivity contribution in [3.05, 3.63) is 59.3 Å². The van der Waals surface area contributed by atoms with Gasteiger partial charge < -0.3 is 9.15 Å². The number of rotatable bonds is 4. The second-order valence-corrected chi connectivity index (χ2v) is 9.35. The molecule has 154 valence electrons. The third-order valence-corrected chi connectivity index (χ3v) is 5.80. The molecular weight excluding hydrogens is 372 g/mol. The van der Waals surface area contributed by atoms with Gasteiger partial charge in [-0.3, -0.25) is 0 Å². The molecule has 1 heterocycles. The van der Waals surface area contributed by atoms with Crippen LogP contribution in [-0.2, 0) is 6.42 Å². The van der Waals surface area contributed by atoms with Crippen LogP contribution in [0.15, 0.2) is 47.0 Å². The van der Waals surface area contributed by atoms with E-state index in [1.165, 1.54) is 17.5 Å². The van der Waals surface area contributed by atoms with Crippen LogP contribution in [0.25, 0.3) is 22.8 Å². The summed E-state index contributed by atoms with van der Waals surface area (Å²) < 4.78 is 11.9. The molecule has 0 unspecified atom stereocenters. The maximum absolute atomic E-state index is 9.50. The molecule has 1 aromatic heterocycles. The fourth-order valence-electron chi connectivity index (χ4n) is 4.42. The van der Waals surface area contributed by atoms with E-state index in [-0.39, 0.29) is 11.5 Å². The van der Waals surface area contributed by atoms with Crippen molar-refractivity contribution in [3.63, 3.8) is 0 Å². The molecule has 30 heavy (non-hydrogen) atoms. The average molecular weight is 401 g/mol. The van der Waals surface area contributed by atoms with Gasteiger partial charge in [0, 0.05) is 11.1 Å². The summed E-state index contributed by atoms with van der Waals surface area (Å²) in [5.41, 5.74) is 5.42. The summed E-state index contributed by atoms with van der Waals surface area (Å²) in [6.45, 7) is 10.8. The maximum Gasteiger partial charge on any atom is 0.226 e. The zero-order chi connectivity index (χ0) is 21.5. The number of oxazole rings is 1. The van der Waals surface area contributed by atoms with Gasteiger partial charge in [-0.05, 0) is 67.3 Å². The smallest absolute Gasteiger partial charge is 0.226 e. The van der Waals surface area contributed by atoms with E-state index in [1.807, 2.05) is 26.0 Å². The summed E-state index contributed by atoms with van der Waals surface area (Å²) in [5.74, 6) is 2.43. The minimum Gasteiger partial charge on any atom is -0.490 e. The molecule has 1 atom stereocenters. The van der Waals surface area contributed by atoms with Gasteiger partial charge in [-0.1, -0.05) is 39.0 Å². The van der Waals surface area contributed by atoms with Gasteiger partial charge in [0.15, 0.2) is 5.76 Å². The first-order chi connectivity index (χ1) is 14.3. The highest BCUT2D eigenvalue weighted by atomic mass is 16.5. The zero-order valence-corrected chi connectivity index (χ0v) is 18.3. The number of hydrogen-bond acceptors (Lipinski definition) is 4. The minimum absolute atomic E-state index is 0.00777. The molecule has 4 heteroatoms. The molecule has 0 spiro atoms. The monoisotopic (exact) mass is 400 g/mol. The molecule has 1 aliphatic carbocycles. The number of hydrogen-bond donors (Lipinski definition) is 0. The van der Waals surface area contributed by atoms with E-state index in [0.29, 0.717) is 23.1 Å². The summed E-state index contributed by atoms with van der Waals surface area (Å²) in [7, 11) is 0. The summed E-state index contributed by atoms with van der Waals surface area (Å²) in [5, 5.41) is 9.50. The Bertz CT molecular complexity index is 1110. The fourth-order valence-corrected chi connectivity index (χ4v) is 4.42. The van der Waals surface area contributed by atoms with Crippen LogP contribution in [0.5, 0.6) is 5.75 Å². The molecule has 0 amide bonds. The van der Waals surface area contributed by atoms with E-state index < -0.39 is 0 Å². The number of ether oxygens (including phenoxy) is 1. The average Bonchev–Trinajstić information content (AvgIpc) is 3.34. The lowest BCUT2D eigenvalue weighted by molar-refractivity contribution is 0.242. The van der Waals surface area contributed by atoms with E-state index in [0.717, 1.165) is 23.3 Å². The lowest BCUT2D eigenvalue weighted by atomic mass is 9.77. The van der Waals surface area contributed by atoms with E-state index in [4.69, 9.17) is 9.15 Å². The van der Waals surface area contributed by atoms with Gasteiger partial charge in [0.2, 0.25) is 5.89 Å². The van der Waals surface area contributed by atoms with Gasteiger partial charge in [-0.15, -0.1) is 0 Å². The van der Waals surface area contributed by atoms with Gasteiger partial charge in [-0.25, -0.2) is 4.98 Å². The van der Waals surface area contributed by atoms with Crippen molar-refractivity contribution >= 4 is 0 Å². The molecule has 4 nitrogen and oxygen atoms in total. The Morgan fingerprint density at radius 2 is 2.00 bits per heavy atom. The first-order valence-electron chi connectivity index (χ1n) is 10.6. The van der Waals surface area contributed by atoms with Crippen molar-refractivity contribution in [3.8, 4) is 34.6 Å². The van der Waals surface area contributed by atoms with Crippen LogP contribution < -0.4 is 4.74 Å². The molecule has 0 saturated heterocycles. The summed E-state index contributed by atoms with van der Waals surface area (Å²) >= 11 is 0. The van der Waals surface area contributed by atoms with Crippen LogP contribution in [0, 0.1) is 16.7 Å². The fraction of sp³-hybridized carbons (Fsp3) is 0.385. The van der Waals surface area contributed by atoms with Crippen LogP contribution in [0.4, 0.5) is 0 Å². The van der Waals surface area contributed by atoms with Crippen LogP contribution >= 0.6 is 0 Å². The van der Waals surface area contributed by atoms with Crippen LogP contribution in [0.2, 0.25) is 0 Å². The van der Waals surface area contributed by atoms with Crippen LogP contribution in [0.3, 0.4) is 0 Å². The highest BCUT2D eigenvalue weighted by molar-refractivity contribution is 5.68. The quantitative estimate of drug-likeness (QED) is 0.486. The summed E-state index contributed by atoms with van der Waals surface area (Å²) in [6, 6.07) is 14.2. The Morgan fingerprint density at radius 3 is 2.70 bits per heavy atom. The first-order valence-corrected chi connectivity index (χ1v) is 10.6. The third-order valence-electron chi connectivity index (χ3n) is 5.80. The van der Waals surface area contributed by atoms with Crippen molar-refractivity contribution < 1.29 is 9.15 Å². The molecule has 2 aromatic carbocycles. The van der Waals surface area contributed by atoms with Gasteiger partial charge >= 0.3 is 0 Å². The highest BCUT2D eigenvalue weighted by Gasteiger charge is 2.33. The van der Waals surface area contributed by atoms with Crippen molar-refractivity contribution in [1.29, 1.82) is 5.26 Å². The molecule has 0 radical (unpaired) electrons. The largest absolute Gasteiger partial charge is 0.490 e. The van der Waals surface area contributed by atoms with Gasteiger partial charge in [0.05, 0.1) is 17.9 Å². The second kappa shape index (κ2) is 7.65. The molecule has 3 aromatic rings. The maximum atomic E-state index is 9.50. The van der Waals surface area contributed by atoms with Gasteiger partial charge in [0.1, 0.15) is 11.8 Å². The molecule has 0 bridgehead atoms. The van der Waals surface area contributed by atoms with Gasteiger partial charge in [-0.2, -0.15) is 5.26 Å².